The highest BCUT2D eigenvalue weighted by atomic mass is 15.1. The fraction of sp³-hybridized carbons (Fsp3) is 0.0556. The van der Waals surface area contributed by atoms with Gasteiger partial charge in [0.1, 0.15) is 0 Å². The molecule has 0 spiro atoms. The van der Waals surface area contributed by atoms with Crippen LogP contribution in [0.25, 0.3) is 83.5 Å². The number of benzene rings is 10. The molecule has 1 heteroatoms. The van der Waals surface area contributed by atoms with Gasteiger partial charge >= 0.3 is 0 Å². The molecule has 0 heterocycles. The maximum atomic E-state index is 2.46. The molecule has 1 aliphatic carbocycles. The van der Waals surface area contributed by atoms with Gasteiger partial charge in [0, 0.05) is 23.0 Å². The van der Waals surface area contributed by atoms with Gasteiger partial charge in [-0.25, -0.2) is 0 Å². The Kier molecular flexibility index (Phi) is 13.7. The normalized spacial score (nSPS) is 13.5. The Morgan fingerprint density at radius 3 is 1.04 bits per heavy atom. The van der Waals surface area contributed by atoms with E-state index in [1.165, 1.54) is 72.3 Å². The maximum Gasteiger partial charge on any atom is 0.0468 e. The van der Waals surface area contributed by atoms with Gasteiger partial charge in [0.15, 0.2) is 0 Å². The summed E-state index contributed by atoms with van der Waals surface area (Å²) in [7, 11) is 0. The van der Waals surface area contributed by atoms with Crippen molar-refractivity contribution in [3.05, 3.63) is 302 Å². The van der Waals surface area contributed by atoms with Crippen LogP contribution < -0.4 is 4.90 Å². The van der Waals surface area contributed by atoms with Crippen LogP contribution in [0.3, 0.4) is 0 Å². The van der Waals surface area contributed by atoms with Crippen LogP contribution in [0.15, 0.2) is 297 Å². The summed E-state index contributed by atoms with van der Waals surface area (Å²) < 4.78 is 0. The molecular weight excluding hydrogens is 879 g/mol. The van der Waals surface area contributed by atoms with Crippen molar-refractivity contribution < 1.29 is 0 Å². The zero-order valence-electron chi connectivity index (χ0n) is 41.4. The fourth-order valence-corrected chi connectivity index (χ4v) is 10.4. The minimum Gasteiger partial charge on any atom is -0.310 e. The van der Waals surface area contributed by atoms with E-state index in [2.05, 4.69) is 310 Å². The molecule has 0 amide bonds. The van der Waals surface area contributed by atoms with Crippen LogP contribution in [0.5, 0.6) is 0 Å². The molecule has 10 aromatic rings. The van der Waals surface area contributed by atoms with Crippen molar-refractivity contribution in [2.45, 2.75) is 20.3 Å². The largest absolute Gasteiger partial charge is 0.310 e. The number of hydrogen-bond acceptors (Lipinski definition) is 1. The molecular formula is C72H57N. The van der Waals surface area contributed by atoms with Crippen molar-refractivity contribution in [1.29, 1.82) is 0 Å². The first kappa shape index (κ1) is 46.3. The van der Waals surface area contributed by atoms with Crippen LogP contribution >= 0.6 is 0 Å². The van der Waals surface area contributed by atoms with Gasteiger partial charge in [0.2, 0.25) is 0 Å². The van der Waals surface area contributed by atoms with Gasteiger partial charge in [-0.2, -0.15) is 0 Å². The molecule has 0 bridgehead atoms. The van der Waals surface area contributed by atoms with Crippen LogP contribution in [0.4, 0.5) is 17.1 Å². The van der Waals surface area contributed by atoms with E-state index in [9.17, 15) is 0 Å². The lowest BCUT2D eigenvalue weighted by molar-refractivity contribution is 0.787. The molecule has 0 N–H and O–H groups in total. The van der Waals surface area contributed by atoms with E-state index in [1.807, 2.05) is 0 Å². The Labute approximate surface area is 431 Å². The number of rotatable bonds is 13. The van der Waals surface area contributed by atoms with E-state index >= 15 is 0 Å². The monoisotopic (exact) mass is 935 g/mol. The predicted molar refractivity (Wildman–Crippen MR) is 313 cm³/mol. The minimum atomic E-state index is 0.330. The van der Waals surface area contributed by atoms with Crippen LogP contribution in [0.2, 0.25) is 0 Å². The fourth-order valence-electron chi connectivity index (χ4n) is 10.4. The van der Waals surface area contributed by atoms with Crippen LogP contribution in [-0.4, -0.2) is 0 Å². The highest BCUT2D eigenvalue weighted by Crippen LogP contribution is 2.46. The van der Waals surface area contributed by atoms with Crippen LogP contribution in [0.1, 0.15) is 25.8 Å². The predicted octanol–water partition coefficient (Wildman–Crippen LogP) is 20.3. The Balaban J connectivity index is 1.12. The summed E-state index contributed by atoms with van der Waals surface area (Å²) in [5.41, 5.74) is 23.5. The Morgan fingerprint density at radius 1 is 0.356 bits per heavy atom. The molecule has 0 aliphatic heterocycles. The highest BCUT2D eigenvalue weighted by Gasteiger charge is 2.22. The quantitative estimate of drug-likeness (QED) is 0.104. The van der Waals surface area contributed by atoms with Gasteiger partial charge in [-0.3, -0.25) is 0 Å². The summed E-state index contributed by atoms with van der Waals surface area (Å²) in [6.45, 7) is 4.24. The molecule has 11 rings (SSSR count). The van der Waals surface area contributed by atoms with Gasteiger partial charge in [-0.15, -0.1) is 0 Å². The molecule has 0 saturated carbocycles. The lowest BCUT2D eigenvalue weighted by Gasteiger charge is -2.29. The van der Waals surface area contributed by atoms with E-state index < -0.39 is 0 Å². The van der Waals surface area contributed by atoms with Crippen molar-refractivity contribution in [2.24, 2.45) is 5.92 Å². The Hall–Kier alpha value is -9.04. The number of allylic oxidation sites excluding steroid dienone is 8. The summed E-state index contributed by atoms with van der Waals surface area (Å²) in [6, 6.07) is 92.9. The van der Waals surface area contributed by atoms with E-state index in [0.717, 1.165) is 45.7 Å². The number of anilines is 3. The minimum absolute atomic E-state index is 0.330. The molecule has 0 aromatic heterocycles. The summed E-state index contributed by atoms with van der Waals surface area (Å²) in [4.78, 5) is 2.46. The van der Waals surface area contributed by atoms with Crippen molar-refractivity contribution in [1.82, 2.24) is 0 Å². The first-order valence-corrected chi connectivity index (χ1v) is 25.5. The lowest BCUT2D eigenvalue weighted by Crippen LogP contribution is -2.11. The second kappa shape index (κ2) is 21.5. The van der Waals surface area contributed by atoms with Crippen LogP contribution in [-0.2, 0) is 0 Å². The van der Waals surface area contributed by atoms with E-state index in [1.54, 1.807) is 0 Å². The van der Waals surface area contributed by atoms with E-state index in [-0.39, 0.29) is 0 Å². The number of nitrogens with zero attached hydrogens (tertiary/aromatic N) is 1. The number of hydrogen-bond donors (Lipinski definition) is 0. The summed E-state index contributed by atoms with van der Waals surface area (Å²) in [6.07, 6.45) is 14.7. The second-order valence-electron chi connectivity index (χ2n) is 18.7. The SMILES string of the molecule is C/C=C\C(=C/C)C1C=CC(c2cc(N(c3ccc(-c4ccccc4)c(-c4ccc(-c5ccccc5)cc4)c3)c3ccc(-c4ccccc4)c(-c4ccc(-c5ccccc5)cc4)c3)ccc2-c2ccccc2)=CC1. The molecule has 1 aliphatic rings. The van der Waals surface area contributed by atoms with E-state index in [0.29, 0.717) is 5.92 Å². The Bertz CT molecular complexity index is 3430. The molecule has 350 valence electrons. The lowest BCUT2D eigenvalue weighted by atomic mass is 9.85. The average Bonchev–Trinajstić information content (AvgIpc) is 3.48. The molecule has 73 heavy (non-hydrogen) atoms. The van der Waals surface area contributed by atoms with Crippen molar-refractivity contribution >= 4 is 22.6 Å². The third kappa shape index (κ3) is 10.00. The van der Waals surface area contributed by atoms with Crippen molar-refractivity contribution in [2.75, 3.05) is 4.90 Å². The van der Waals surface area contributed by atoms with Crippen molar-refractivity contribution in [3.8, 4) is 77.9 Å². The second-order valence-corrected chi connectivity index (χ2v) is 18.7. The first-order chi connectivity index (χ1) is 36.1. The third-order valence-electron chi connectivity index (χ3n) is 14.2. The zero-order valence-corrected chi connectivity index (χ0v) is 41.4. The van der Waals surface area contributed by atoms with Crippen molar-refractivity contribution in [3.63, 3.8) is 0 Å². The smallest absolute Gasteiger partial charge is 0.0468 e. The van der Waals surface area contributed by atoms with Gasteiger partial charge in [0.25, 0.3) is 0 Å². The highest BCUT2D eigenvalue weighted by molar-refractivity contribution is 5.95. The van der Waals surface area contributed by atoms with Crippen LogP contribution in [0, 0.1) is 5.92 Å². The first-order valence-electron chi connectivity index (χ1n) is 25.5. The topological polar surface area (TPSA) is 3.24 Å². The molecule has 0 saturated heterocycles. The van der Waals surface area contributed by atoms with Gasteiger partial charge in [-0.1, -0.05) is 255 Å². The molecule has 1 unspecified atom stereocenters. The average molecular weight is 936 g/mol. The van der Waals surface area contributed by atoms with E-state index in [4.69, 9.17) is 0 Å². The Morgan fingerprint density at radius 2 is 0.685 bits per heavy atom. The maximum absolute atomic E-state index is 2.46. The molecule has 1 nitrogen and oxygen atoms in total. The third-order valence-corrected chi connectivity index (χ3v) is 14.2. The molecule has 10 aromatic carbocycles. The van der Waals surface area contributed by atoms with Gasteiger partial charge < -0.3 is 4.90 Å². The summed E-state index contributed by atoms with van der Waals surface area (Å²) >= 11 is 0. The zero-order chi connectivity index (χ0) is 49.3. The molecule has 0 fully saturated rings. The molecule has 1 atom stereocenters. The van der Waals surface area contributed by atoms with Gasteiger partial charge in [0.05, 0.1) is 0 Å². The standard InChI is InChI=1S/C72H57N/c1-3-20-52(4-2)55-31-37-61(38-32-55)70-49-64(43-46-67(70)58-25-14-7-15-26-58)73(65-44-47-68(59-27-16-8-17-28-59)71(50-65)62-39-33-56(34-40-62)53-21-10-5-11-22-53)66-45-48-69(60-29-18-9-19-30-60)72(51-66)63-41-35-57(36-42-63)54-23-12-6-13-24-54/h3-31,33-51,55H,32H2,1-2H3/b20-3-,52-4+. The van der Waals surface area contributed by atoms with Gasteiger partial charge in [-0.05, 0) is 151 Å². The summed E-state index contributed by atoms with van der Waals surface area (Å²) in [5.74, 6) is 0.330. The molecule has 0 radical (unpaired) electrons. The summed E-state index contributed by atoms with van der Waals surface area (Å²) in [5, 5.41) is 0.